The molecule has 0 aliphatic rings. The second kappa shape index (κ2) is 5.55. The Labute approximate surface area is 116 Å². The number of hydrogen-bond acceptors (Lipinski definition) is 2. The molecule has 1 aromatic heterocycles. The van der Waals surface area contributed by atoms with Gasteiger partial charge >= 0.3 is 0 Å². The van der Waals surface area contributed by atoms with Crippen LogP contribution in [0.1, 0.15) is 20.8 Å². The SMILES string of the molecule is Cc1cccc(C)c1N(CCl)C(=O)c1cccs1. The third kappa shape index (κ3) is 2.42. The van der Waals surface area contributed by atoms with Gasteiger partial charge in [-0.3, -0.25) is 9.69 Å². The molecule has 2 aromatic rings. The maximum atomic E-state index is 12.4. The first-order chi connectivity index (χ1) is 8.65. The summed E-state index contributed by atoms with van der Waals surface area (Å²) in [5, 5.41) is 1.89. The molecule has 0 aliphatic heterocycles. The van der Waals surface area contributed by atoms with Gasteiger partial charge in [-0.1, -0.05) is 24.3 Å². The van der Waals surface area contributed by atoms with E-state index in [0.29, 0.717) is 4.88 Å². The van der Waals surface area contributed by atoms with Crippen LogP contribution in [0.25, 0.3) is 0 Å². The van der Waals surface area contributed by atoms with Gasteiger partial charge in [0, 0.05) is 0 Å². The van der Waals surface area contributed by atoms with Crippen LogP contribution in [0.15, 0.2) is 35.7 Å². The predicted octanol–water partition coefficient (Wildman–Crippen LogP) is 4.21. The summed E-state index contributed by atoms with van der Waals surface area (Å²) in [4.78, 5) is 14.7. The molecular weight excluding hydrogens is 266 g/mol. The minimum absolute atomic E-state index is 0.0441. The quantitative estimate of drug-likeness (QED) is 0.609. The van der Waals surface area contributed by atoms with E-state index in [0.717, 1.165) is 16.8 Å². The molecule has 0 radical (unpaired) electrons. The number of para-hydroxylation sites is 1. The number of amides is 1. The number of aryl methyl sites for hydroxylation is 2. The molecule has 0 atom stereocenters. The first-order valence-corrected chi connectivity index (χ1v) is 7.04. The van der Waals surface area contributed by atoms with Gasteiger partial charge in [-0.05, 0) is 36.4 Å². The van der Waals surface area contributed by atoms with E-state index in [1.54, 1.807) is 4.90 Å². The number of alkyl halides is 1. The molecule has 4 heteroatoms. The van der Waals surface area contributed by atoms with Gasteiger partial charge in [0.05, 0.1) is 10.6 Å². The molecule has 0 spiro atoms. The minimum atomic E-state index is -0.0441. The molecule has 1 amide bonds. The molecule has 0 unspecified atom stereocenters. The second-order valence-electron chi connectivity index (χ2n) is 4.07. The number of benzene rings is 1. The molecule has 94 valence electrons. The summed E-state index contributed by atoms with van der Waals surface area (Å²) >= 11 is 7.40. The van der Waals surface area contributed by atoms with Crippen LogP contribution in [0.2, 0.25) is 0 Å². The van der Waals surface area contributed by atoms with Crippen LogP contribution in [-0.4, -0.2) is 11.9 Å². The number of halogens is 1. The van der Waals surface area contributed by atoms with Crippen LogP contribution < -0.4 is 4.90 Å². The van der Waals surface area contributed by atoms with Crippen molar-refractivity contribution in [3.8, 4) is 0 Å². The summed E-state index contributed by atoms with van der Waals surface area (Å²) in [5.41, 5.74) is 3.02. The van der Waals surface area contributed by atoms with E-state index >= 15 is 0 Å². The molecule has 1 aromatic carbocycles. The van der Waals surface area contributed by atoms with Gasteiger partial charge in [-0.2, -0.15) is 0 Å². The minimum Gasteiger partial charge on any atom is -0.293 e. The average Bonchev–Trinajstić information content (AvgIpc) is 2.87. The number of thiophene rings is 1. The largest absolute Gasteiger partial charge is 0.293 e. The molecular formula is C14H14ClNOS. The van der Waals surface area contributed by atoms with Crippen molar-refractivity contribution < 1.29 is 4.79 Å². The van der Waals surface area contributed by atoms with Crippen LogP contribution in [0.3, 0.4) is 0 Å². The van der Waals surface area contributed by atoms with E-state index in [-0.39, 0.29) is 11.9 Å². The van der Waals surface area contributed by atoms with Gasteiger partial charge in [0.2, 0.25) is 0 Å². The zero-order chi connectivity index (χ0) is 13.1. The molecule has 0 saturated heterocycles. The summed E-state index contributed by atoms with van der Waals surface area (Å²) in [7, 11) is 0. The Hall–Kier alpha value is -1.32. The fourth-order valence-electron chi connectivity index (χ4n) is 1.98. The van der Waals surface area contributed by atoms with E-state index in [2.05, 4.69) is 0 Å². The lowest BCUT2D eigenvalue weighted by molar-refractivity contribution is 0.0995. The zero-order valence-electron chi connectivity index (χ0n) is 10.3. The average molecular weight is 280 g/mol. The van der Waals surface area contributed by atoms with Crippen molar-refractivity contribution in [1.29, 1.82) is 0 Å². The van der Waals surface area contributed by atoms with E-state index in [1.807, 2.05) is 49.6 Å². The van der Waals surface area contributed by atoms with Crippen LogP contribution in [0.4, 0.5) is 5.69 Å². The Balaban J connectivity index is 2.43. The van der Waals surface area contributed by atoms with Gasteiger partial charge in [0.1, 0.15) is 6.00 Å². The summed E-state index contributed by atoms with van der Waals surface area (Å²) < 4.78 is 0. The van der Waals surface area contributed by atoms with Crippen molar-refractivity contribution in [2.75, 3.05) is 10.9 Å². The molecule has 18 heavy (non-hydrogen) atoms. The number of nitrogens with zero attached hydrogens (tertiary/aromatic N) is 1. The predicted molar refractivity (Wildman–Crippen MR) is 77.8 cm³/mol. The Morgan fingerprint density at radius 3 is 2.39 bits per heavy atom. The Morgan fingerprint density at radius 1 is 1.22 bits per heavy atom. The third-order valence-corrected chi connectivity index (χ3v) is 3.90. The molecule has 0 saturated carbocycles. The van der Waals surface area contributed by atoms with Gasteiger partial charge in [0.25, 0.3) is 5.91 Å². The van der Waals surface area contributed by atoms with Crippen molar-refractivity contribution in [1.82, 2.24) is 0 Å². The van der Waals surface area contributed by atoms with Gasteiger partial charge < -0.3 is 0 Å². The monoisotopic (exact) mass is 279 g/mol. The highest BCUT2D eigenvalue weighted by Gasteiger charge is 2.20. The van der Waals surface area contributed by atoms with Crippen LogP contribution in [0, 0.1) is 13.8 Å². The van der Waals surface area contributed by atoms with E-state index in [9.17, 15) is 4.79 Å². The maximum Gasteiger partial charge on any atom is 0.269 e. The fourth-order valence-corrected chi connectivity index (χ4v) is 2.88. The Bertz CT molecular complexity index is 531. The van der Waals surface area contributed by atoms with Crippen LogP contribution >= 0.6 is 22.9 Å². The van der Waals surface area contributed by atoms with Crippen molar-refractivity contribution in [3.63, 3.8) is 0 Å². The molecule has 0 aliphatic carbocycles. The van der Waals surface area contributed by atoms with Crippen molar-refractivity contribution >= 4 is 34.5 Å². The Kier molecular flexibility index (Phi) is 4.04. The lowest BCUT2D eigenvalue weighted by Gasteiger charge is -2.23. The fraction of sp³-hybridized carbons (Fsp3) is 0.214. The highest BCUT2D eigenvalue weighted by molar-refractivity contribution is 7.12. The molecule has 1 heterocycles. The topological polar surface area (TPSA) is 20.3 Å². The first-order valence-electron chi connectivity index (χ1n) is 5.62. The smallest absolute Gasteiger partial charge is 0.269 e. The van der Waals surface area contributed by atoms with Crippen LogP contribution in [0.5, 0.6) is 0 Å². The lowest BCUT2D eigenvalue weighted by Crippen LogP contribution is -2.30. The number of hydrogen-bond donors (Lipinski definition) is 0. The highest BCUT2D eigenvalue weighted by Crippen LogP contribution is 2.27. The summed E-state index contributed by atoms with van der Waals surface area (Å²) in [6.07, 6.45) is 0. The number of rotatable bonds is 3. The standard InChI is InChI=1S/C14H14ClNOS/c1-10-5-3-6-11(2)13(10)16(9-15)14(17)12-7-4-8-18-12/h3-8H,9H2,1-2H3. The van der Waals surface area contributed by atoms with Crippen molar-refractivity contribution in [2.24, 2.45) is 0 Å². The van der Waals surface area contributed by atoms with E-state index in [4.69, 9.17) is 11.6 Å². The third-order valence-electron chi connectivity index (χ3n) is 2.81. The molecule has 2 rings (SSSR count). The highest BCUT2D eigenvalue weighted by atomic mass is 35.5. The number of anilines is 1. The number of carbonyl (C=O) groups excluding carboxylic acids is 1. The summed E-state index contributed by atoms with van der Waals surface area (Å²) in [5.74, 6) is -0.0441. The maximum absolute atomic E-state index is 12.4. The van der Waals surface area contributed by atoms with Crippen molar-refractivity contribution in [2.45, 2.75) is 13.8 Å². The van der Waals surface area contributed by atoms with Gasteiger partial charge in [0.15, 0.2) is 0 Å². The Morgan fingerprint density at radius 2 is 1.89 bits per heavy atom. The zero-order valence-corrected chi connectivity index (χ0v) is 11.9. The second-order valence-corrected chi connectivity index (χ2v) is 5.26. The first kappa shape index (κ1) is 13.1. The van der Waals surface area contributed by atoms with Gasteiger partial charge in [-0.25, -0.2) is 0 Å². The van der Waals surface area contributed by atoms with Crippen LogP contribution in [-0.2, 0) is 0 Å². The van der Waals surface area contributed by atoms with E-state index in [1.165, 1.54) is 11.3 Å². The molecule has 0 bridgehead atoms. The normalized spacial score (nSPS) is 10.4. The molecule has 2 nitrogen and oxygen atoms in total. The molecule has 0 fully saturated rings. The summed E-state index contributed by atoms with van der Waals surface area (Å²) in [6.45, 7) is 3.98. The molecule has 0 N–H and O–H groups in total. The van der Waals surface area contributed by atoms with E-state index < -0.39 is 0 Å². The summed E-state index contributed by atoms with van der Waals surface area (Å²) in [6, 6.07) is 9.81. The number of carbonyl (C=O) groups is 1. The van der Waals surface area contributed by atoms with Crippen molar-refractivity contribution in [3.05, 3.63) is 51.7 Å². The lowest BCUT2D eigenvalue weighted by atomic mass is 10.1. The van der Waals surface area contributed by atoms with Gasteiger partial charge in [-0.15, -0.1) is 22.9 Å².